The van der Waals surface area contributed by atoms with Gasteiger partial charge in [0.25, 0.3) is 0 Å². The van der Waals surface area contributed by atoms with Gasteiger partial charge < -0.3 is 5.32 Å². The maximum atomic E-state index is 6.95. The van der Waals surface area contributed by atoms with E-state index in [0.29, 0.717) is 6.42 Å². The van der Waals surface area contributed by atoms with Crippen LogP contribution in [0.25, 0.3) is 291 Å². The lowest BCUT2D eigenvalue weighted by atomic mass is 9.44. The summed E-state index contributed by atoms with van der Waals surface area (Å²) in [4.78, 5) is 0. The normalized spacial score (nSPS) is 24.4. The summed E-state index contributed by atoms with van der Waals surface area (Å²) in [7, 11) is 0. The van der Waals surface area contributed by atoms with Crippen LogP contribution in [0.5, 0.6) is 0 Å². The van der Waals surface area contributed by atoms with Crippen LogP contribution in [-0.2, 0) is 10.8 Å². The first-order valence-corrected chi connectivity index (χ1v) is 26.2. The highest BCUT2D eigenvalue weighted by Crippen LogP contribution is 2.86. The zero-order chi connectivity index (χ0) is 41.9. The van der Waals surface area contributed by atoms with Crippen LogP contribution >= 0.6 is 0 Å². The second-order valence-corrected chi connectivity index (χ2v) is 25.8. The molecular weight excluding hydrogens is 843 g/mol. The Morgan fingerprint density at radius 2 is 0.500 bits per heavy atom. The average Bonchev–Trinajstić information content (AvgIpc) is 4.24. The monoisotopic (exact) mass is 853 g/mol. The number of hydrogen-bond acceptors (Lipinski definition) is 1. The van der Waals surface area contributed by atoms with E-state index in [1.54, 1.807) is 313 Å². The Bertz CT molecular complexity index is 7160. The van der Waals surface area contributed by atoms with Crippen molar-refractivity contribution in [2.45, 2.75) is 36.1 Å². The fraction of sp³-hybridized carbons (Fsp3) is 0.101. The number of benzene rings is 18. The Hall–Kier alpha value is -8.46. The number of hydrogen-bond donors (Lipinski definition) is 1. The number of rotatable bonds is 2. The summed E-state index contributed by atoms with van der Waals surface area (Å²) in [5.41, 5.74) is 5.51. The molecule has 0 saturated carbocycles. The summed E-state index contributed by atoms with van der Waals surface area (Å²) < 4.78 is 0. The second kappa shape index (κ2) is 5.91. The molecule has 292 valence electrons. The van der Waals surface area contributed by atoms with Crippen molar-refractivity contribution in [1.82, 2.24) is 5.32 Å². The van der Waals surface area contributed by atoms with Gasteiger partial charge in [0.15, 0.2) is 0 Å². The Kier molecular flexibility index (Phi) is 2.22. The van der Waals surface area contributed by atoms with E-state index in [4.69, 9.17) is 6.42 Å². The molecule has 28 aromatic rings. The Morgan fingerprint density at radius 1 is 0.300 bits per heavy atom. The third kappa shape index (κ3) is 1.34. The van der Waals surface area contributed by atoms with E-state index in [9.17, 15) is 0 Å². The van der Waals surface area contributed by atoms with Crippen molar-refractivity contribution in [1.29, 1.82) is 0 Å². The predicted octanol–water partition coefficient (Wildman–Crippen LogP) is 17.1. The summed E-state index contributed by atoms with van der Waals surface area (Å²) in [6.07, 6.45) is 8.34. The van der Waals surface area contributed by atoms with Gasteiger partial charge in [-0.25, -0.2) is 0 Å². The van der Waals surface area contributed by atoms with Crippen LogP contribution in [0.4, 0.5) is 0 Å². The van der Waals surface area contributed by atoms with Crippen molar-refractivity contribution in [3.05, 3.63) is 22.3 Å². The lowest BCUT2D eigenvalue weighted by Gasteiger charge is -2.56. The first-order valence-electron chi connectivity index (χ1n) is 26.2. The fourth-order valence-electron chi connectivity index (χ4n) is 25.9. The first kappa shape index (κ1) is 26.3. The van der Waals surface area contributed by atoms with Gasteiger partial charge in [-0.3, -0.25) is 0 Å². The SMILES string of the molecule is C#CCC1(CC#CC)NCC23c4c5c6c7c8c9c(c%10c%11c2c2c4c4c%12c5c5c6c6c8c8c%13c9c9c%10c%10c%11c%11c2c2c4c4c%12c%12c5c5c6c8c6c8c%13c9c9c%10c%10c%11c2c2c4c4c%12c5c6c5c8c9c%10c2c45)C713. The van der Waals surface area contributed by atoms with Crippen molar-refractivity contribution in [2.24, 2.45) is 0 Å². The van der Waals surface area contributed by atoms with Crippen LogP contribution in [-0.4, -0.2) is 12.1 Å². The smallest absolute Gasteiger partial charge is 0.0578 e. The Morgan fingerprint density at radius 3 is 0.700 bits per heavy atom. The van der Waals surface area contributed by atoms with E-state index in [1.807, 2.05) is 0 Å². The van der Waals surface area contributed by atoms with E-state index in [0.717, 1.165) is 13.0 Å². The van der Waals surface area contributed by atoms with Crippen LogP contribution in [0.3, 0.4) is 0 Å². The van der Waals surface area contributed by atoms with Crippen LogP contribution in [0.2, 0.25) is 0 Å². The summed E-state index contributed by atoms with van der Waals surface area (Å²) in [6, 6.07) is 0. The minimum Gasteiger partial charge on any atom is -0.307 e. The molecule has 2 spiro atoms. The maximum Gasteiger partial charge on any atom is 0.0578 e. The molecule has 4 aliphatic carbocycles. The van der Waals surface area contributed by atoms with E-state index in [1.165, 1.54) is 0 Å². The molecule has 0 amide bonds. The molecule has 1 heterocycles. The summed E-state index contributed by atoms with van der Waals surface area (Å²) in [5, 5.41) is 93.2. The van der Waals surface area contributed by atoms with Crippen LogP contribution < -0.4 is 5.32 Å². The summed E-state index contributed by atoms with van der Waals surface area (Å²) in [5.74, 6) is 10.9. The lowest BCUT2D eigenvalue weighted by Crippen LogP contribution is -2.61. The van der Waals surface area contributed by atoms with Crippen molar-refractivity contribution < 1.29 is 0 Å². The van der Waals surface area contributed by atoms with Crippen LogP contribution in [0.15, 0.2) is 0 Å². The molecule has 0 bridgehead atoms. The molecule has 1 atom stereocenters. The van der Waals surface area contributed by atoms with Crippen molar-refractivity contribution in [2.75, 3.05) is 6.54 Å². The molecular formula is C69H11N. The van der Waals surface area contributed by atoms with Gasteiger partial charge in [-0.1, -0.05) is 0 Å². The third-order valence-electron chi connectivity index (χ3n) is 25.9. The molecule has 1 heteroatoms. The van der Waals surface area contributed by atoms with Gasteiger partial charge in [0.05, 0.1) is 16.4 Å². The molecule has 1 unspecified atom stereocenters. The topological polar surface area (TPSA) is 12.0 Å². The van der Waals surface area contributed by atoms with Crippen molar-refractivity contribution >= 4 is 291 Å². The molecule has 70 heavy (non-hydrogen) atoms. The zero-order valence-electron chi connectivity index (χ0n) is 36.2. The molecule has 1 nitrogen and oxygen atoms in total. The lowest BCUT2D eigenvalue weighted by molar-refractivity contribution is 0.242. The Labute approximate surface area is 383 Å². The minimum absolute atomic E-state index is 0.343. The largest absolute Gasteiger partial charge is 0.307 e. The van der Waals surface area contributed by atoms with Crippen LogP contribution in [0.1, 0.15) is 42.0 Å². The highest BCUT2D eigenvalue weighted by atomic mass is 15.1. The average molecular weight is 854 g/mol. The number of terminal acetylenes is 1. The molecule has 0 aromatic heterocycles. The molecule has 1 aliphatic heterocycles. The van der Waals surface area contributed by atoms with Gasteiger partial charge in [0.2, 0.25) is 0 Å². The van der Waals surface area contributed by atoms with Crippen LogP contribution in [0, 0.1) is 24.2 Å². The van der Waals surface area contributed by atoms with Gasteiger partial charge in [-0.2, -0.15) is 0 Å². The molecule has 1 fully saturated rings. The van der Waals surface area contributed by atoms with Gasteiger partial charge >= 0.3 is 0 Å². The molecule has 0 radical (unpaired) electrons. The summed E-state index contributed by atoms with van der Waals surface area (Å²) in [6.45, 7) is 2.97. The molecule has 33 rings (SSSR count). The van der Waals surface area contributed by atoms with Gasteiger partial charge in [-0.15, -0.1) is 24.2 Å². The fourth-order valence-corrected chi connectivity index (χ4v) is 25.9. The molecule has 1 saturated heterocycles. The second-order valence-electron chi connectivity index (χ2n) is 25.8. The maximum absolute atomic E-state index is 6.95. The quantitative estimate of drug-likeness (QED) is 0.135. The molecule has 5 aliphatic rings. The number of nitrogens with one attached hydrogen (secondary N) is 1. The van der Waals surface area contributed by atoms with Gasteiger partial charge in [-0.05, 0) is 320 Å². The van der Waals surface area contributed by atoms with Crippen molar-refractivity contribution in [3.8, 4) is 24.2 Å². The first-order chi connectivity index (χ1) is 34.8. The van der Waals surface area contributed by atoms with Crippen molar-refractivity contribution in [3.63, 3.8) is 0 Å². The predicted molar refractivity (Wildman–Crippen MR) is 296 cm³/mol. The highest BCUT2D eigenvalue weighted by molar-refractivity contribution is 6.82. The van der Waals surface area contributed by atoms with Gasteiger partial charge in [0.1, 0.15) is 0 Å². The minimum atomic E-state index is -0.478. The molecule has 28 aromatic carbocycles. The zero-order valence-corrected chi connectivity index (χ0v) is 36.2. The standard InChI is InChI=1S/C69H11N/c1-3-5-7-67(6-4-2)69-65-59-53-43-31-23-15-11-9-10-13-17(15)25(31)35-29-21(13)22-14(10)18-16-12(9)20-19(11)27-33(23)41-47-37(27)38-28(20)34-24(16)32-26(18)36-30(22)40-39(29)51(45(35)53)61(65)62-52(40)46(36)54-44(32)50-42(34)48(38)56-55(47)63(57(59)49(41)43)68(69,8-70-67)64(56)58(50)60(54)66(62)69/h2,70H,6-8H2,1H3. The summed E-state index contributed by atoms with van der Waals surface area (Å²) >= 11 is 0. The Balaban J connectivity index is 1.21. The van der Waals surface area contributed by atoms with E-state index in [-0.39, 0.29) is 5.41 Å². The highest BCUT2D eigenvalue weighted by Gasteiger charge is 2.78. The van der Waals surface area contributed by atoms with Gasteiger partial charge in [0, 0.05) is 19.4 Å². The van der Waals surface area contributed by atoms with E-state index in [2.05, 4.69) is 30.0 Å². The third-order valence-corrected chi connectivity index (χ3v) is 25.9. The van der Waals surface area contributed by atoms with E-state index >= 15 is 0 Å². The van der Waals surface area contributed by atoms with E-state index < -0.39 is 11.0 Å². The molecule has 1 N–H and O–H groups in total.